The van der Waals surface area contributed by atoms with E-state index in [0.717, 1.165) is 10.6 Å². The summed E-state index contributed by atoms with van der Waals surface area (Å²) in [5, 5.41) is 0.514. The summed E-state index contributed by atoms with van der Waals surface area (Å²) in [5.41, 5.74) is 0.870. The monoisotopic (exact) mass is 415 g/mol. The molecule has 0 aromatic carbocycles. The Balaban J connectivity index is 1.37. The maximum Gasteiger partial charge on any atom is 0.264 e. The fourth-order valence-corrected chi connectivity index (χ4v) is 4.03. The first-order chi connectivity index (χ1) is 13.7. The number of thiophene rings is 1. The molecule has 0 bridgehead atoms. The molecule has 6 nitrogen and oxygen atoms in total. The molecule has 28 heavy (non-hydrogen) atoms. The smallest absolute Gasteiger partial charge is 0.264 e. The first-order valence-electron chi connectivity index (χ1n) is 8.84. The molecule has 4 rings (SSSR count). The Morgan fingerprint density at radius 3 is 3.07 bits per heavy atom. The van der Waals surface area contributed by atoms with E-state index in [1.54, 1.807) is 24.7 Å². The van der Waals surface area contributed by atoms with E-state index in [4.69, 9.17) is 21.1 Å². The van der Waals surface area contributed by atoms with Crippen molar-refractivity contribution < 1.29 is 14.3 Å². The topological polar surface area (TPSA) is 64.6 Å². The summed E-state index contributed by atoms with van der Waals surface area (Å²) in [5.74, 6) is 0.586. The molecule has 4 heterocycles. The second-order valence-electron chi connectivity index (χ2n) is 6.27. The van der Waals surface area contributed by atoms with Crippen molar-refractivity contribution >= 4 is 28.8 Å². The molecule has 1 unspecified atom stereocenters. The van der Waals surface area contributed by atoms with Crippen molar-refractivity contribution in [2.75, 3.05) is 26.3 Å². The van der Waals surface area contributed by atoms with Crippen molar-refractivity contribution in [2.24, 2.45) is 0 Å². The predicted octanol–water partition coefficient (Wildman–Crippen LogP) is 3.78. The highest BCUT2D eigenvalue weighted by Crippen LogP contribution is 2.27. The highest BCUT2D eigenvalue weighted by Gasteiger charge is 2.26. The number of carbonyl (C=O) groups excluding carboxylic acids is 1. The first kappa shape index (κ1) is 18.9. The maximum atomic E-state index is 12.9. The van der Waals surface area contributed by atoms with Gasteiger partial charge < -0.3 is 14.4 Å². The molecular formula is C20H18ClN3O3S. The Morgan fingerprint density at radius 2 is 2.25 bits per heavy atom. The zero-order valence-electron chi connectivity index (χ0n) is 15.0. The lowest BCUT2D eigenvalue weighted by Gasteiger charge is -2.32. The van der Waals surface area contributed by atoms with Crippen molar-refractivity contribution in [2.45, 2.75) is 6.10 Å². The Morgan fingerprint density at radius 1 is 1.32 bits per heavy atom. The largest absolute Gasteiger partial charge is 0.489 e. The first-order valence-corrected chi connectivity index (χ1v) is 10.0. The van der Waals surface area contributed by atoms with Crippen LogP contribution >= 0.6 is 22.9 Å². The Hall–Kier alpha value is -2.48. The summed E-state index contributed by atoms with van der Waals surface area (Å²) in [6.07, 6.45) is 4.69. The van der Waals surface area contributed by atoms with Gasteiger partial charge in [-0.3, -0.25) is 14.8 Å². The minimum Gasteiger partial charge on any atom is -0.489 e. The van der Waals surface area contributed by atoms with Crippen LogP contribution in [0.25, 0.3) is 10.6 Å². The van der Waals surface area contributed by atoms with E-state index >= 15 is 0 Å². The number of hydrogen-bond donors (Lipinski definition) is 0. The minimum absolute atomic E-state index is 0.00454. The second-order valence-corrected chi connectivity index (χ2v) is 7.79. The number of nitrogens with zero attached hydrogens (tertiary/aromatic N) is 3. The predicted molar refractivity (Wildman–Crippen MR) is 108 cm³/mol. The average Bonchev–Trinajstić information content (AvgIpc) is 3.23. The van der Waals surface area contributed by atoms with Crippen molar-refractivity contribution in [3.63, 3.8) is 0 Å². The molecule has 1 saturated heterocycles. The molecule has 0 radical (unpaired) electrons. The Labute approximate surface area is 171 Å². The number of halogens is 1. The van der Waals surface area contributed by atoms with Gasteiger partial charge in [-0.2, -0.15) is 0 Å². The number of hydrogen-bond acceptors (Lipinski definition) is 6. The van der Waals surface area contributed by atoms with Crippen molar-refractivity contribution in [1.82, 2.24) is 14.9 Å². The molecule has 8 heteroatoms. The molecule has 1 fully saturated rings. The van der Waals surface area contributed by atoms with Crippen LogP contribution in [-0.4, -0.2) is 53.2 Å². The normalized spacial score (nSPS) is 16.8. The molecule has 1 aliphatic heterocycles. The third kappa shape index (κ3) is 4.49. The zero-order chi connectivity index (χ0) is 19.3. The molecule has 0 N–H and O–H groups in total. The van der Waals surface area contributed by atoms with E-state index < -0.39 is 0 Å². The lowest BCUT2D eigenvalue weighted by molar-refractivity contribution is -0.0400. The van der Waals surface area contributed by atoms with E-state index in [0.29, 0.717) is 42.0 Å². The quantitative estimate of drug-likeness (QED) is 0.634. The fraction of sp³-hybridized carbons (Fsp3) is 0.250. The van der Waals surface area contributed by atoms with Crippen LogP contribution in [0.4, 0.5) is 0 Å². The van der Waals surface area contributed by atoms with Crippen molar-refractivity contribution in [3.8, 4) is 16.3 Å². The molecule has 1 atom stereocenters. The zero-order valence-corrected chi connectivity index (χ0v) is 16.5. The summed E-state index contributed by atoms with van der Waals surface area (Å²) in [6.45, 7) is 1.84. The lowest BCUT2D eigenvalue weighted by Crippen LogP contribution is -2.47. The number of morpholine rings is 1. The fourth-order valence-electron chi connectivity index (χ4n) is 2.92. The number of rotatable bonds is 5. The van der Waals surface area contributed by atoms with Gasteiger partial charge in [-0.05, 0) is 24.3 Å². The molecule has 0 spiro atoms. The third-order valence-electron chi connectivity index (χ3n) is 4.28. The lowest BCUT2D eigenvalue weighted by atomic mass is 10.2. The molecule has 0 aliphatic carbocycles. The van der Waals surface area contributed by atoms with E-state index in [-0.39, 0.29) is 12.0 Å². The molecule has 3 aromatic rings. The van der Waals surface area contributed by atoms with E-state index in [2.05, 4.69) is 9.97 Å². The van der Waals surface area contributed by atoms with Crippen LogP contribution in [-0.2, 0) is 4.74 Å². The SMILES string of the molecule is O=C(c1ccc(-c2ccccn2)s1)N1CCOC(COc2cncc(Cl)c2)C1. The number of ether oxygens (including phenoxy) is 2. The van der Waals surface area contributed by atoms with Gasteiger partial charge >= 0.3 is 0 Å². The van der Waals surface area contributed by atoms with Gasteiger partial charge in [-0.1, -0.05) is 17.7 Å². The maximum absolute atomic E-state index is 12.9. The van der Waals surface area contributed by atoms with Crippen LogP contribution in [0.5, 0.6) is 5.75 Å². The summed E-state index contributed by atoms with van der Waals surface area (Å²) in [4.78, 5) is 24.7. The number of amides is 1. The van der Waals surface area contributed by atoms with Crippen molar-refractivity contribution in [1.29, 1.82) is 0 Å². The van der Waals surface area contributed by atoms with Gasteiger partial charge in [0.2, 0.25) is 0 Å². The molecule has 144 valence electrons. The second kappa shape index (κ2) is 8.68. The average molecular weight is 416 g/mol. The van der Waals surface area contributed by atoms with Crippen LogP contribution in [0.3, 0.4) is 0 Å². The van der Waals surface area contributed by atoms with Crippen LogP contribution in [0.1, 0.15) is 9.67 Å². The van der Waals surface area contributed by atoms with Gasteiger partial charge in [-0.25, -0.2) is 0 Å². The minimum atomic E-state index is -0.202. The van der Waals surface area contributed by atoms with Crippen LogP contribution in [0.2, 0.25) is 5.02 Å². The van der Waals surface area contributed by atoms with E-state index in [1.165, 1.54) is 11.3 Å². The summed E-state index contributed by atoms with van der Waals surface area (Å²) in [7, 11) is 0. The Kier molecular flexibility index (Phi) is 5.85. The summed E-state index contributed by atoms with van der Waals surface area (Å²) < 4.78 is 11.4. The van der Waals surface area contributed by atoms with Gasteiger partial charge in [0.1, 0.15) is 18.5 Å². The standard InChI is InChI=1S/C20H18ClN3O3S/c21-14-9-15(11-22-10-14)27-13-16-12-24(7-8-26-16)20(25)19-5-4-18(28-19)17-3-1-2-6-23-17/h1-6,9-11,16H,7-8,12-13H2. The summed E-state index contributed by atoms with van der Waals surface area (Å²) >= 11 is 7.37. The highest BCUT2D eigenvalue weighted by molar-refractivity contribution is 7.17. The third-order valence-corrected chi connectivity index (χ3v) is 5.58. The number of aromatic nitrogens is 2. The number of pyridine rings is 2. The number of carbonyl (C=O) groups is 1. The highest BCUT2D eigenvalue weighted by atomic mass is 35.5. The van der Waals surface area contributed by atoms with Crippen molar-refractivity contribution in [3.05, 3.63) is 64.9 Å². The molecule has 0 saturated carbocycles. The molecule has 1 aliphatic rings. The Bertz CT molecular complexity index is 951. The van der Waals surface area contributed by atoms with Crippen LogP contribution in [0.15, 0.2) is 55.0 Å². The van der Waals surface area contributed by atoms with Gasteiger partial charge in [0, 0.05) is 25.0 Å². The van der Waals surface area contributed by atoms with E-state index in [9.17, 15) is 4.79 Å². The van der Waals surface area contributed by atoms with Gasteiger partial charge in [0.25, 0.3) is 5.91 Å². The van der Waals surface area contributed by atoms with Crippen LogP contribution < -0.4 is 4.74 Å². The summed E-state index contributed by atoms with van der Waals surface area (Å²) in [6, 6.07) is 11.2. The van der Waals surface area contributed by atoms with Gasteiger partial charge in [0.15, 0.2) is 0 Å². The van der Waals surface area contributed by atoms with E-state index in [1.807, 2.05) is 35.2 Å². The molecule has 1 amide bonds. The molecular weight excluding hydrogens is 398 g/mol. The van der Waals surface area contributed by atoms with Gasteiger partial charge in [0.05, 0.1) is 39.8 Å². The van der Waals surface area contributed by atoms with Gasteiger partial charge in [-0.15, -0.1) is 11.3 Å². The molecule has 3 aromatic heterocycles. The van der Waals surface area contributed by atoms with Crippen LogP contribution in [0, 0.1) is 0 Å².